The predicted octanol–water partition coefficient (Wildman–Crippen LogP) is 2.33. The summed E-state index contributed by atoms with van der Waals surface area (Å²) in [5, 5.41) is 0. The van der Waals surface area contributed by atoms with E-state index in [1.807, 2.05) is 6.92 Å². The number of carbonyl (C=O) groups excluding carboxylic acids is 1. The molecule has 3 nitrogen and oxygen atoms in total. The van der Waals surface area contributed by atoms with Crippen LogP contribution in [0.2, 0.25) is 0 Å². The number of rotatable bonds is 3. The summed E-state index contributed by atoms with van der Waals surface area (Å²) in [5.41, 5.74) is 0.530. The Morgan fingerprint density at radius 3 is 2.44 bits per heavy atom. The third-order valence-corrected chi connectivity index (χ3v) is 2.49. The van der Waals surface area contributed by atoms with Crippen LogP contribution in [-0.4, -0.2) is 36.5 Å². The molecule has 0 heterocycles. The molecule has 1 rings (SSSR count). The monoisotopic (exact) mass is 224 g/mol. The fourth-order valence-electron chi connectivity index (χ4n) is 1.38. The molecule has 0 aliphatic heterocycles. The number of urea groups is 1. The van der Waals surface area contributed by atoms with Gasteiger partial charge < -0.3 is 9.80 Å². The van der Waals surface area contributed by atoms with Crippen LogP contribution in [0.25, 0.3) is 0 Å². The molecule has 4 heteroatoms. The molecule has 0 radical (unpaired) electrons. The standard InChI is InChI=1S/C12H17FN2O/c1-4-14(2)12(16)15(3)9-10-7-5-6-8-11(10)13/h5-8H,4,9H2,1-3H3. The molecule has 0 atom stereocenters. The van der Waals surface area contributed by atoms with E-state index in [-0.39, 0.29) is 18.4 Å². The van der Waals surface area contributed by atoms with Gasteiger partial charge in [0.2, 0.25) is 0 Å². The Hall–Kier alpha value is -1.58. The molecule has 1 aromatic carbocycles. The molecule has 0 aromatic heterocycles. The van der Waals surface area contributed by atoms with Gasteiger partial charge in [-0.15, -0.1) is 0 Å². The van der Waals surface area contributed by atoms with Crippen LogP contribution in [0.4, 0.5) is 9.18 Å². The topological polar surface area (TPSA) is 23.6 Å². The molecule has 88 valence electrons. The molecule has 0 spiro atoms. The number of benzene rings is 1. The molecule has 0 bridgehead atoms. The second kappa shape index (κ2) is 5.49. The summed E-state index contributed by atoms with van der Waals surface area (Å²) in [4.78, 5) is 14.8. The summed E-state index contributed by atoms with van der Waals surface area (Å²) < 4.78 is 13.3. The largest absolute Gasteiger partial charge is 0.328 e. The highest BCUT2D eigenvalue weighted by Crippen LogP contribution is 2.09. The van der Waals surface area contributed by atoms with Crippen LogP contribution in [0, 0.1) is 5.82 Å². The summed E-state index contributed by atoms with van der Waals surface area (Å²) in [6.45, 7) is 2.82. The Balaban J connectivity index is 2.68. The molecule has 0 aliphatic rings. The van der Waals surface area contributed by atoms with Gasteiger partial charge >= 0.3 is 6.03 Å². The maximum atomic E-state index is 13.3. The number of hydrogen-bond acceptors (Lipinski definition) is 1. The van der Waals surface area contributed by atoms with Crippen molar-refractivity contribution in [3.8, 4) is 0 Å². The van der Waals surface area contributed by atoms with Gasteiger partial charge in [0, 0.05) is 32.7 Å². The minimum absolute atomic E-state index is 0.106. The Bertz CT molecular complexity index is 368. The number of hydrogen-bond donors (Lipinski definition) is 0. The molecular weight excluding hydrogens is 207 g/mol. The first-order valence-corrected chi connectivity index (χ1v) is 5.26. The van der Waals surface area contributed by atoms with Crippen molar-refractivity contribution in [3.05, 3.63) is 35.6 Å². The van der Waals surface area contributed by atoms with E-state index in [1.165, 1.54) is 11.0 Å². The third-order valence-electron chi connectivity index (χ3n) is 2.49. The maximum Gasteiger partial charge on any atom is 0.319 e. The van der Waals surface area contributed by atoms with Crippen molar-refractivity contribution >= 4 is 6.03 Å². The lowest BCUT2D eigenvalue weighted by molar-refractivity contribution is 0.173. The molecule has 0 fully saturated rings. The lowest BCUT2D eigenvalue weighted by atomic mass is 10.2. The van der Waals surface area contributed by atoms with Gasteiger partial charge in [-0.2, -0.15) is 0 Å². The van der Waals surface area contributed by atoms with Crippen molar-refractivity contribution in [1.82, 2.24) is 9.80 Å². The zero-order valence-corrected chi connectivity index (χ0v) is 9.90. The van der Waals surface area contributed by atoms with Crippen molar-refractivity contribution in [3.63, 3.8) is 0 Å². The van der Waals surface area contributed by atoms with Gasteiger partial charge in [-0.05, 0) is 13.0 Å². The molecule has 0 aliphatic carbocycles. The number of carbonyl (C=O) groups is 1. The van der Waals surface area contributed by atoms with Crippen molar-refractivity contribution < 1.29 is 9.18 Å². The summed E-state index contributed by atoms with van der Waals surface area (Å²) in [7, 11) is 3.39. The average Bonchev–Trinajstić information content (AvgIpc) is 2.30. The minimum Gasteiger partial charge on any atom is -0.328 e. The predicted molar refractivity (Wildman–Crippen MR) is 61.6 cm³/mol. The van der Waals surface area contributed by atoms with E-state index in [0.717, 1.165) is 0 Å². The SMILES string of the molecule is CCN(C)C(=O)N(C)Cc1ccccc1F. The molecule has 0 saturated carbocycles. The van der Waals surface area contributed by atoms with Gasteiger partial charge in [-0.3, -0.25) is 0 Å². The molecule has 2 amide bonds. The Morgan fingerprint density at radius 2 is 1.88 bits per heavy atom. The average molecular weight is 224 g/mol. The van der Waals surface area contributed by atoms with Crippen LogP contribution in [0.15, 0.2) is 24.3 Å². The van der Waals surface area contributed by atoms with Crippen molar-refractivity contribution in [2.75, 3.05) is 20.6 Å². The first-order valence-electron chi connectivity index (χ1n) is 5.26. The van der Waals surface area contributed by atoms with E-state index in [4.69, 9.17) is 0 Å². The van der Waals surface area contributed by atoms with Crippen molar-refractivity contribution in [1.29, 1.82) is 0 Å². The van der Waals surface area contributed by atoms with Gasteiger partial charge in [-0.25, -0.2) is 9.18 Å². The second-order valence-electron chi connectivity index (χ2n) is 3.74. The fourth-order valence-corrected chi connectivity index (χ4v) is 1.38. The van der Waals surface area contributed by atoms with Crippen LogP contribution in [-0.2, 0) is 6.54 Å². The quantitative estimate of drug-likeness (QED) is 0.773. The lowest BCUT2D eigenvalue weighted by Crippen LogP contribution is -2.38. The first kappa shape index (κ1) is 12.5. The molecule has 1 aromatic rings. The van der Waals surface area contributed by atoms with Crippen LogP contribution in [0.1, 0.15) is 12.5 Å². The van der Waals surface area contributed by atoms with E-state index in [0.29, 0.717) is 12.1 Å². The van der Waals surface area contributed by atoms with E-state index in [2.05, 4.69) is 0 Å². The normalized spacial score (nSPS) is 10.0. The van der Waals surface area contributed by atoms with Gasteiger partial charge in [0.15, 0.2) is 0 Å². The van der Waals surface area contributed by atoms with E-state index in [9.17, 15) is 9.18 Å². The highest BCUT2D eigenvalue weighted by Gasteiger charge is 2.13. The van der Waals surface area contributed by atoms with E-state index in [1.54, 1.807) is 37.2 Å². The molecule has 0 unspecified atom stereocenters. The van der Waals surface area contributed by atoms with Gasteiger partial charge in [0.1, 0.15) is 5.82 Å². The molecule has 0 N–H and O–H groups in total. The zero-order valence-electron chi connectivity index (χ0n) is 9.90. The minimum atomic E-state index is -0.277. The summed E-state index contributed by atoms with van der Waals surface area (Å²) in [6.07, 6.45) is 0. The van der Waals surface area contributed by atoms with Crippen LogP contribution in [0.3, 0.4) is 0 Å². The third kappa shape index (κ3) is 2.95. The highest BCUT2D eigenvalue weighted by molar-refractivity contribution is 5.73. The van der Waals surface area contributed by atoms with Gasteiger partial charge in [-0.1, -0.05) is 18.2 Å². The number of nitrogens with zero attached hydrogens (tertiary/aromatic N) is 2. The maximum absolute atomic E-state index is 13.3. The molecule has 16 heavy (non-hydrogen) atoms. The Kier molecular flexibility index (Phi) is 4.28. The van der Waals surface area contributed by atoms with Crippen molar-refractivity contribution in [2.24, 2.45) is 0 Å². The summed E-state index contributed by atoms with van der Waals surface area (Å²) in [6, 6.07) is 6.38. The van der Waals surface area contributed by atoms with Gasteiger partial charge in [0.25, 0.3) is 0 Å². The van der Waals surface area contributed by atoms with Crippen molar-refractivity contribution in [2.45, 2.75) is 13.5 Å². The molecule has 0 saturated heterocycles. The summed E-state index contributed by atoms with van der Waals surface area (Å²) in [5.74, 6) is -0.277. The Morgan fingerprint density at radius 1 is 1.25 bits per heavy atom. The van der Waals surface area contributed by atoms with Gasteiger partial charge in [0.05, 0.1) is 0 Å². The number of halogens is 1. The van der Waals surface area contributed by atoms with Crippen LogP contribution >= 0.6 is 0 Å². The fraction of sp³-hybridized carbons (Fsp3) is 0.417. The van der Waals surface area contributed by atoms with Crippen LogP contribution < -0.4 is 0 Å². The molecular formula is C12H17FN2O. The zero-order chi connectivity index (χ0) is 12.1. The van der Waals surface area contributed by atoms with Crippen LogP contribution in [0.5, 0.6) is 0 Å². The highest BCUT2D eigenvalue weighted by atomic mass is 19.1. The summed E-state index contributed by atoms with van der Waals surface area (Å²) >= 11 is 0. The Labute approximate surface area is 95.5 Å². The lowest BCUT2D eigenvalue weighted by Gasteiger charge is -2.23. The van der Waals surface area contributed by atoms with E-state index >= 15 is 0 Å². The second-order valence-corrected chi connectivity index (χ2v) is 3.74. The number of amides is 2. The smallest absolute Gasteiger partial charge is 0.319 e. The van der Waals surface area contributed by atoms with E-state index < -0.39 is 0 Å². The first-order chi connectivity index (χ1) is 7.56.